The first-order valence-corrected chi connectivity index (χ1v) is 7.80. The highest BCUT2D eigenvalue weighted by molar-refractivity contribution is 5.75. The van der Waals surface area contributed by atoms with Crippen molar-refractivity contribution in [2.75, 3.05) is 7.11 Å². The topological polar surface area (TPSA) is 47.3 Å². The van der Waals surface area contributed by atoms with Crippen molar-refractivity contribution in [2.24, 2.45) is 0 Å². The summed E-state index contributed by atoms with van der Waals surface area (Å²) in [6, 6.07) is 8.17. The van der Waals surface area contributed by atoms with Gasteiger partial charge in [0, 0.05) is 20.1 Å². The second kappa shape index (κ2) is 7.57. The third-order valence-corrected chi connectivity index (χ3v) is 3.91. The molecule has 0 aliphatic rings. The van der Waals surface area contributed by atoms with E-state index < -0.39 is 0 Å². The fraction of sp³-hybridized carbons (Fsp3) is 0.588. The van der Waals surface area contributed by atoms with Crippen LogP contribution < -0.4 is 0 Å². The molecule has 0 fully saturated rings. The van der Waals surface area contributed by atoms with Gasteiger partial charge in [-0.1, -0.05) is 19.1 Å². The summed E-state index contributed by atoms with van der Waals surface area (Å²) in [4.78, 5) is 4.69. The van der Waals surface area contributed by atoms with Crippen LogP contribution >= 0.6 is 0 Å². The van der Waals surface area contributed by atoms with Crippen molar-refractivity contribution in [3.63, 3.8) is 0 Å². The van der Waals surface area contributed by atoms with E-state index in [4.69, 9.17) is 9.72 Å². The molecular formula is C17H26N2O2. The van der Waals surface area contributed by atoms with E-state index in [1.165, 1.54) is 0 Å². The van der Waals surface area contributed by atoms with Crippen molar-refractivity contribution in [3.8, 4) is 0 Å². The van der Waals surface area contributed by atoms with Gasteiger partial charge >= 0.3 is 0 Å². The molecule has 4 heteroatoms. The van der Waals surface area contributed by atoms with Crippen LogP contribution in [0.2, 0.25) is 0 Å². The Hall–Kier alpha value is -1.39. The van der Waals surface area contributed by atoms with Gasteiger partial charge in [0.05, 0.1) is 23.2 Å². The van der Waals surface area contributed by atoms with Crippen LogP contribution in [0.3, 0.4) is 0 Å². The van der Waals surface area contributed by atoms with Gasteiger partial charge in [-0.15, -0.1) is 0 Å². The Morgan fingerprint density at radius 1 is 1.29 bits per heavy atom. The van der Waals surface area contributed by atoms with E-state index in [9.17, 15) is 5.11 Å². The molecule has 2 atom stereocenters. The number of rotatable bonds is 8. The fourth-order valence-corrected chi connectivity index (χ4v) is 2.61. The second-order valence-corrected chi connectivity index (χ2v) is 5.65. The zero-order valence-electron chi connectivity index (χ0n) is 13.2. The van der Waals surface area contributed by atoms with Gasteiger partial charge in [-0.05, 0) is 38.3 Å². The molecule has 0 aliphatic heterocycles. The largest absolute Gasteiger partial charge is 0.393 e. The Morgan fingerprint density at radius 3 is 2.76 bits per heavy atom. The first-order chi connectivity index (χ1) is 10.2. The lowest BCUT2D eigenvalue weighted by molar-refractivity contribution is 0.0844. The van der Waals surface area contributed by atoms with Crippen molar-refractivity contribution in [1.82, 2.24) is 9.55 Å². The Morgan fingerprint density at radius 2 is 2.05 bits per heavy atom. The molecule has 0 bridgehead atoms. The molecule has 1 heterocycles. The van der Waals surface area contributed by atoms with Gasteiger partial charge in [0.15, 0.2) is 0 Å². The van der Waals surface area contributed by atoms with Gasteiger partial charge < -0.3 is 14.4 Å². The van der Waals surface area contributed by atoms with Crippen LogP contribution in [0.15, 0.2) is 24.3 Å². The number of aliphatic hydroxyl groups excluding tert-OH is 1. The van der Waals surface area contributed by atoms with Crippen LogP contribution in [0, 0.1) is 0 Å². The minimum atomic E-state index is -0.366. The van der Waals surface area contributed by atoms with Gasteiger partial charge in [0.25, 0.3) is 0 Å². The lowest BCUT2D eigenvalue weighted by atomic mass is 10.1. The molecule has 4 nitrogen and oxygen atoms in total. The SMILES string of the molecule is CCCn1c(CC(O)CCC(C)OC)nc2ccccc21. The van der Waals surface area contributed by atoms with E-state index in [2.05, 4.69) is 17.6 Å². The van der Waals surface area contributed by atoms with Crippen molar-refractivity contribution in [2.45, 2.75) is 58.3 Å². The van der Waals surface area contributed by atoms with Crippen molar-refractivity contribution < 1.29 is 9.84 Å². The molecule has 0 aliphatic carbocycles. The second-order valence-electron chi connectivity index (χ2n) is 5.65. The van der Waals surface area contributed by atoms with Gasteiger partial charge in [-0.3, -0.25) is 0 Å². The maximum atomic E-state index is 10.3. The number of hydrogen-bond acceptors (Lipinski definition) is 3. The molecule has 1 N–H and O–H groups in total. The average molecular weight is 290 g/mol. The van der Waals surface area contributed by atoms with Gasteiger partial charge in [0.1, 0.15) is 5.82 Å². The highest BCUT2D eigenvalue weighted by Gasteiger charge is 2.15. The minimum absolute atomic E-state index is 0.189. The number of imidazole rings is 1. The number of para-hydroxylation sites is 2. The number of ether oxygens (including phenoxy) is 1. The lowest BCUT2D eigenvalue weighted by Gasteiger charge is -2.14. The molecule has 0 saturated carbocycles. The molecular weight excluding hydrogens is 264 g/mol. The number of aromatic nitrogens is 2. The molecule has 2 rings (SSSR count). The predicted octanol–water partition coefficient (Wildman–Crippen LogP) is 3.16. The van der Waals surface area contributed by atoms with Crippen molar-refractivity contribution in [3.05, 3.63) is 30.1 Å². The number of hydrogen-bond donors (Lipinski definition) is 1. The Balaban J connectivity index is 2.11. The van der Waals surface area contributed by atoms with E-state index in [-0.39, 0.29) is 12.2 Å². The average Bonchev–Trinajstić information content (AvgIpc) is 2.83. The number of aliphatic hydroxyl groups is 1. The molecule has 0 spiro atoms. The number of methoxy groups -OCH3 is 1. The van der Waals surface area contributed by atoms with Crippen LogP contribution in [-0.4, -0.2) is 34.0 Å². The normalized spacial score (nSPS) is 14.5. The molecule has 21 heavy (non-hydrogen) atoms. The van der Waals surface area contributed by atoms with Gasteiger partial charge in [-0.25, -0.2) is 4.98 Å². The molecule has 0 saturated heterocycles. The summed E-state index contributed by atoms with van der Waals surface area (Å²) in [6.07, 6.45) is 3.09. The molecule has 1 aromatic heterocycles. The Labute approximate surface area is 126 Å². The Kier molecular flexibility index (Phi) is 5.76. The number of benzene rings is 1. The summed E-state index contributed by atoms with van der Waals surface area (Å²) in [5, 5.41) is 10.3. The molecule has 116 valence electrons. The molecule has 0 radical (unpaired) electrons. The minimum Gasteiger partial charge on any atom is -0.393 e. The smallest absolute Gasteiger partial charge is 0.112 e. The highest BCUT2D eigenvalue weighted by atomic mass is 16.5. The van der Waals surface area contributed by atoms with Crippen molar-refractivity contribution >= 4 is 11.0 Å². The van der Waals surface area contributed by atoms with Crippen LogP contribution in [0.5, 0.6) is 0 Å². The zero-order chi connectivity index (χ0) is 15.2. The van der Waals surface area contributed by atoms with E-state index in [1.807, 2.05) is 25.1 Å². The first kappa shape index (κ1) is 16.0. The maximum absolute atomic E-state index is 10.3. The first-order valence-electron chi connectivity index (χ1n) is 7.80. The van der Waals surface area contributed by atoms with Crippen molar-refractivity contribution in [1.29, 1.82) is 0 Å². The van der Waals surface area contributed by atoms with Crippen LogP contribution in [-0.2, 0) is 17.7 Å². The number of aryl methyl sites for hydroxylation is 1. The molecule has 0 amide bonds. The van der Waals surface area contributed by atoms with Crippen LogP contribution in [0.1, 0.15) is 38.9 Å². The third-order valence-electron chi connectivity index (χ3n) is 3.91. The summed E-state index contributed by atoms with van der Waals surface area (Å²) < 4.78 is 7.46. The fourth-order valence-electron chi connectivity index (χ4n) is 2.61. The summed E-state index contributed by atoms with van der Waals surface area (Å²) in [5.74, 6) is 0.982. The summed E-state index contributed by atoms with van der Waals surface area (Å²) in [7, 11) is 1.71. The van der Waals surface area contributed by atoms with E-state index in [0.717, 1.165) is 42.7 Å². The van der Waals surface area contributed by atoms with Crippen LogP contribution in [0.4, 0.5) is 0 Å². The summed E-state index contributed by atoms with van der Waals surface area (Å²) in [6.45, 7) is 5.13. The maximum Gasteiger partial charge on any atom is 0.112 e. The standard InChI is InChI=1S/C17H26N2O2/c1-4-11-19-16-8-6-5-7-15(16)18-17(19)12-14(20)10-9-13(2)21-3/h5-8,13-14,20H,4,9-12H2,1-3H3. The van der Waals surface area contributed by atoms with E-state index in [1.54, 1.807) is 7.11 Å². The number of fused-ring (bicyclic) bond motifs is 1. The quantitative estimate of drug-likeness (QED) is 0.812. The summed E-state index contributed by atoms with van der Waals surface area (Å²) in [5.41, 5.74) is 2.17. The molecule has 2 unspecified atom stereocenters. The zero-order valence-corrected chi connectivity index (χ0v) is 13.2. The van der Waals surface area contributed by atoms with Gasteiger partial charge in [0.2, 0.25) is 0 Å². The molecule has 1 aromatic carbocycles. The van der Waals surface area contributed by atoms with E-state index in [0.29, 0.717) is 6.42 Å². The van der Waals surface area contributed by atoms with E-state index >= 15 is 0 Å². The third kappa shape index (κ3) is 4.05. The monoisotopic (exact) mass is 290 g/mol. The van der Waals surface area contributed by atoms with Crippen LogP contribution in [0.25, 0.3) is 11.0 Å². The number of nitrogens with zero attached hydrogens (tertiary/aromatic N) is 2. The predicted molar refractivity (Wildman–Crippen MR) is 85.4 cm³/mol. The summed E-state index contributed by atoms with van der Waals surface area (Å²) >= 11 is 0. The lowest BCUT2D eigenvalue weighted by Crippen LogP contribution is -2.17. The highest BCUT2D eigenvalue weighted by Crippen LogP contribution is 2.19. The van der Waals surface area contributed by atoms with Gasteiger partial charge in [-0.2, -0.15) is 0 Å². The Bertz CT molecular complexity index is 565. The molecule has 2 aromatic rings.